The second-order valence-corrected chi connectivity index (χ2v) is 6.58. The first-order valence-corrected chi connectivity index (χ1v) is 8.31. The van der Waals surface area contributed by atoms with Crippen molar-refractivity contribution in [2.75, 3.05) is 6.54 Å². The number of hydrogen-bond donors (Lipinski definition) is 1. The Balaban J connectivity index is 1.77. The molecule has 1 N–H and O–H groups in total. The summed E-state index contributed by atoms with van der Waals surface area (Å²) < 4.78 is 38.7. The molecule has 1 atom stereocenters. The van der Waals surface area contributed by atoms with Gasteiger partial charge in [-0.25, -0.2) is 9.67 Å². The maximum atomic E-state index is 12.6. The third kappa shape index (κ3) is 4.33. The van der Waals surface area contributed by atoms with E-state index in [-0.39, 0.29) is 24.3 Å². The topological polar surface area (TPSA) is 88.4 Å². The van der Waals surface area contributed by atoms with Gasteiger partial charge in [0.2, 0.25) is 0 Å². The molecule has 1 fully saturated rings. The Morgan fingerprint density at radius 2 is 2.08 bits per heavy atom. The molecule has 1 aliphatic heterocycles. The lowest BCUT2D eigenvalue weighted by molar-refractivity contribution is -0.143. The van der Waals surface area contributed by atoms with E-state index in [2.05, 4.69) is 35.6 Å². The number of H-pyrrole nitrogens is 1. The molecule has 25 heavy (non-hydrogen) atoms. The first kappa shape index (κ1) is 17.8. The van der Waals surface area contributed by atoms with Crippen molar-refractivity contribution in [2.24, 2.45) is 0 Å². The maximum Gasteiger partial charge on any atom is 0.408 e. The molecule has 0 saturated carbocycles. The molecular weight excluding hydrogens is 337 g/mol. The standard InChI is InChI=1S/C14H21F3N8/c1-9(2)12-18-13(21-20-12)10-5-3-4-6-24(10)7-11-19-22-23-25(11)8-14(15,16)17/h9-10H,3-8H2,1-2H3,(H,18,20,21). The largest absolute Gasteiger partial charge is 0.408 e. The van der Waals surface area contributed by atoms with Crippen LogP contribution in [0.2, 0.25) is 0 Å². The van der Waals surface area contributed by atoms with E-state index in [9.17, 15) is 13.2 Å². The normalized spacial score (nSPS) is 19.7. The number of rotatable bonds is 5. The number of likely N-dealkylation sites (tertiary alicyclic amines) is 1. The predicted molar refractivity (Wildman–Crippen MR) is 81.3 cm³/mol. The van der Waals surface area contributed by atoms with Crippen LogP contribution in [0.25, 0.3) is 0 Å². The van der Waals surface area contributed by atoms with Gasteiger partial charge in [0.05, 0.1) is 12.6 Å². The van der Waals surface area contributed by atoms with Crippen molar-refractivity contribution in [2.45, 2.75) is 64.3 Å². The number of halogens is 3. The Labute approximate surface area is 142 Å². The number of tetrazole rings is 1. The van der Waals surface area contributed by atoms with Gasteiger partial charge in [0.1, 0.15) is 12.4 Å². The van der Waals surface area contributed by atoms with Crippen LogP contribution in [0.15, 0.2) is 0 Å². The van der Waals surface area contributed by atoms with Crippen LogP contribution in [0.4, 0.5) is 13.2 Å². The summed E-state index contributed by atoms with van der Waals surface area (Å²) in [7, 11) is 0. The minimum absolute atomic E-state index is 0.0233. The van der Waals surface area contributed by atoms with Crippen LogP contribution in [0.5, 0.6) is 0 Å². The Morgan fingerprint density at radius 3 is 2.76 bits per heavy atom. The van der Waals surface area contributed by atoms with Crippen LogP contribution in [0.1, 0.15) is 62.5 Å². The molecular formula is C14H21F3N8. The van der Waals surface area contributed by atoms with Gasteiger partial charge in [-0.3, -0.25) is 10.00 Å². The van der Waals surface area contributed by atoms with E-state index in [0.717, 1.165) is 42.1 Å². The number of piperidine rings is 1. The second-order valence-electron chi connectivity index (χ2n) is 6.58. The molecule has 1 saturated heterocycles. The minimum Gasteiger partial charge on any atom is -0.286 e. The fraction of sp³-hybridized carbons (Fsp3) is 0.786. The van der Waals surface area contributed by atoms with Crippen molar-refractivity contribution >= 4 is 0 Å². The van der Waals surface area contributed by atoms with E-state index < -0.39 is 12.7 Å². The highest BCUT2D eigenvalue weighted by Gasteiger charge is 2.32. The lowest BCUT2D eigenvalue weighted by Gasteiger charge is -2.33. The van der Waals surface area contributed by atoms with Crippen LogP contribution < -0.4 is 0 Å². The number of nitrogens with zero attached hydrogens (tertiary/aromatic N) is 7. The first-order chi connectivity index (χ1) is 11.8. The van der Waals surface area contributed by atoms with Crippen LogP contribution in [0, 0.1) is 0 Å². The fourth-order valence-electron chi connectivity index (χ4n) is 3.00. The van der Waals surface area contributed by atoms with Gasteiger partial charge in [-0.15, -0.1) is 5.10 Å². The molecule has 0 bridgehead atoms. The van der Waals surface area contributed by atoms with Gasteiger partial charge < -0.3 is 0 Å². The molecule has 0 aromatic carbocycles. The average Bonchev–Trinajstić information content (AvgIpc) is 3.16. The smallest absolute Gasteiger partial charge is 0.286 e. The van der Waals surface area contributed by atoms with E-state index in [4.69, 9.17) is 0 Å². The minimum atomic E-state index is -4.36. The maximum absolute atomic E-state index is 12.6. The molecule has 11 heteroatoms. The Morgan fingerprint density at radius 1 is 1.28 bits per heavy atom. The molecule has 0 aliphatic carbocycles. The summed E-state index contributed by atoms with van der Waals surface area (Å²) in [6.07, 6.45) is -1.48. The zero-order valence-corrected chi connectivity index (χ0v) is 14.2. The summed E-state index contributed by atoms with van der Waals surface area (Å²) in [5.41, 5.74) is 0. The highest BCUT2D eigenvalue weighted by Crippen LogP contribution is 2.30. The number of nitrogens with one attached hydrogen (secondary N) is 1. The molecule has 1 unspecified atom stereocenters. The van der Waals surface area contributed by atoms with Crippen LogP contribution >= 0.6 is 0 Å². The van der Waals surface area contributed by atoms with Gasteiger partial charge in [-0.05, 0) is 29.8 Å². The van der Waals surface area contributed by atoms with E-state index in [0.29, 0.717) is 0 Å². The third-order valence-corrected chi connectivity index (χ3v) is 4.25. The first-order valence-electron chi connectivity index (χ1n) is 8.31. The molecule has 138 valence electrons. The summed E-state index contributed by atoms with van der Waals surface area (Å²) in [5.74, 6) is 1.90. The molecule has 8 nitrogen and oxygen atoms in total. The summed E-state index contributed by atoms with van der Waals surface area (Å²) >= 11 is 0. The van der Waals surface area contributed by atoms with Crippen molar-refractivity contribution in [3.8, 4) is 0 Å². The number of aromatic nitrogens is 7. The van der Waals surface area contributed by atoms with Gasteiger partial charge in [-0.2, -0.15) is 18.3 Å². The molecule has 0 spiro atoms. The van der Waals surface area contributed by atoms with Gasteiger partial charge in [0.15, 0.2) is 11.6 Å². The molecule has 0 radical (unpaired) electrons. The number of aromatic amines is 1. The van der Waals surface area contributed by atoms with Crippen molar-refractivity contribution in [1.82, 2.24) is 40.3 Å². The van der Waals surface area contributed by atoms with Gasteiger partial charge in [0.25, 0.3) is 0 Å². The van der Waals surface area contributed by atoms with Crippen molar-refractivity contribution in [3.05, 3.63) is 17.5 Å². The van der Waals surface area contributed by atoms with Gasteiger partial charge in [0, 0.05) is 5.92 Å². The van der Waals surface area contributed by atoms with Gasteiger partial charge in [-0.1, -0.05) is 20.3 Å². The van der Waals surface area contributed by atoms with Crippen LogP contribution in [-0.4, -0.2) is 53.0 Å². The van der Waals surface area contributed by atoms with Crippen LogP contribution in [-0.2, 0) is 13.1 Å². The summed E-state index contributed by atoms with van der Waals surface area (Å²) in [4.78, 5) is 6.61. The molecule has 0 amide bonds. The lowest BCUT2D eigenvalue weighted by atomic mass is 10.0. The molecule has 3 heterocycles. The second kappa shape index (κ2) is 7.06. The molecule has 3 rings (SSSR count). The SMILES string of the molecule is CC(C)c1n[nH]c(C2CCCCN2Cc2nnnn2CC(F)(F)F)n1. The highest BCUT2D eigenvalue weighted by atomic mass is 19.4. The van der Waals surface area contributed by atoms with Gasteiger partial charge >= 0.3 is 6.18 Å². The fourth-order valence-corrected chi connectivity index (χ4v) is 3.00. The van der Waals surface area contributed by atoms with Crippen molar-refractivity contribution in [1.29, 1.82) is 0 Å². The summed E-state index contributed by atoms with van der Waals surface area (Å²) in [6.45, 7) is 3.83. The Kier molecular flexibility index (Phi) is 5.02. The van der Waals surface area contributed by atoms with Crippen LogP contribution in [0.3, 0.4) is 0 Å². The Hall–Kier alpha value is -2.04. The lowest BCUT2D eigenvalue weighted by Crippen LogP contribution is -2.35. The number of hydrogen-bond acceptors (Lipinski definition) is 6. The van der Waals surface area contributed by atoms with E-state index >= 15 is 0 Å². The monoisotopic (exact) mass is 358 g/mol. The van der Waals surface area contributed by atoms with E-state index in [1.54, 1.807) is 0 Å². The third-order valence-electron chi connectivity index (χ3n) is 4.25. The van der Waals surface area contributed by atoms with Crippen molar-refractivity contribution in [3.63, 3.8) is 0 Å². The highest BCUT2D eigenvalue weighted by molar-refractivity contribution is 5.02. The number of alkyl halides is 3. The zero-order chi connectivity index (χ0) is 18.0. The summed E-state index contributed by atoms with van der Waals surface area (Å²) in [5, 5.41) is 17.8. The molecule has 2 aromatic rings. The summed E-state index contributed by atoms with van der Waals surface area (Å²) in [6, 6.07) is -0.0233. The predicted octanol–water partition coefficient (Wildman–Crippen LogP) is 2.20. The zero-order valence-electron chi connectivity index (χ0n) is 14.2. The molecule has 2 aromatic heterocycles. The average molecular weight is 358 g/mol. The van der Waals surface area contributed by atoms with E-state index in [1.165, 1.54) is 0 Å². The quantitative estimate of drug-likeness (QED) is 0.882. The van der Waals surface area contributed by atoms with E-state index in [1.807, 2.05) is 13.8 Å². The molecule has 1 aliphatic rings. The van der Waals surface area contributed by atoms with Crippen molar-refractivity contribution < 1.29 is 13.2 Å². The Bertz CT molecular complexity index is 692.